The first-order valence-corrected chi connectivity index (χ1v) is 5.73. The Kier molecular flexibility index (Phi) is 3.53. The maximum atomic E-state index is 13.2. The Balaban J connectivity index is 2.46. The molecule has 0 fully saturated rings. The summed E-state index contributed by atoms with van der Waals surface area (Å²) in [5.41, 5.74) is 7.83. The Bertz CT molecular complexity index is 586. The topological polar surface area (TPSA) is 42.2 Å². The van der Waals surface area contributed by atoms with E-state index in [0.29, 0.717) is 11.3 Å². The van der Waals surface area contributed by atoms with Crippen LogP contribution in [0.2, 0.25) is 0 Å². The Morgan fingerprint density at radius 2 is 2.17 bits per heavy atom. The second-order valence-corrected chi connectivity index (χ2v) is 4.24. The fraction of sp³-hybridized carbons (Fsp3) is 0.0769. The van der Waals surface area contributed by atoms with Crippen molar-refractivity contribution < 1.29 is 4.39 Å². The van der Waals surface area contributed by atoms with Crippen LogP contribution in [0, 0.1) is 5.82 Å². The summed E-state index contributed by atoms with van der Waals surface area (Å²) in [7, 11) is 1.81. The van der Waals surface area contributed by atoms with Gasteiger partial charge in [-0.3, -0.25) is 4.98 Å². The van der Waals surface area contributed by atoms with E-state index in [-0.39, 0.29) is 10.8 Å². The van der Waals surface area contributed by atoms with Crippen molar-refractivity contribution in [1.82, 2.24) is 4.98 Å². The van der Waals surface area contributed by atoms with Crippen molar-refractivity contribution in [3.05, 3.63) is 54.1 Å². The van der Waals surface area contributed by atoms with Gasteiger partial charge >= 0.3 is 0 Å². The smallest absolute Gasteiger partial charge is 0.125 e. The molecule has 1 heterocycles. The summed E-state index contributed by atoms with van der Waals surface area (Å²) in [5.74, 6) is -0.292. The van der Waals surface area contributed by atoms with Crippen LogP contribution in [0.15, 0.2) is 42.7 Å². The maximum absolute atomic E-state index is 13.2. The van der Waals surface area contributed by atoms with Gasteiger partial charge in [-0.2, -0.15) is 0 Å². The van der Waals surface area contributed by atoms with Crippen LogP contribution in [-0.2, 0) is 0 Å². The Morgan fingerprint density at radius 1 is 1.39 bits per heavy atom. The second-order valence-electron chi connectivity index (χ2n) is 3.80. The molecule has 2 aromatic rings. The molecule has 18 heavy (non-hydrogen) atoms. The molecule has 0 amide bonds. The number of rotatable bonds is 3. The average molecular weight is 261 g/mol. The lowest BCUT2D eigenvalue weighted by molar-refractivity contribution is 0.628. The minimum atomic E-state index is -0.292. The largest absolute Gasteiger partial charge is 0.389 e. The van der Waals surface area contributed by atoms with Crippen molar-refractivity contribution in [2.75, 3.05) is 11.9 Å². The predicted molar refractivity (Wildman–Crippen MR) is 74.6 cm³/mol. The van der Waals surface area contributed by atoms with Gasteiger partial charge < -0.3 is 10.6 Å². The van der Waals surface area contributed by atoms with E-state index in [1.165, 1.54) is 12.1 Å². The molecule has 0 atom stereocenters. The molecular weight excluding hydrogens is 249 g/mol. The first-order chi connectivity index (χ1) is 8.59. The molecule has 0 radical (unpaired) electrons. The molecule has 92 valence electrons. The second kappa shape index (κ2) is 5.10. The van der Waals surface area contributed by atoms with Crippen LogP contribution >= 0.6 is 12.2 Å². The predicted octanol–water partition coefficient (Wildman–Crippen LogP) is 2.62. The van der Waals surface area contributed by atoms with Gasteiger partial charge in [0.1, 0.15) is 10.8 Å². The Morgan fingerprint density at radius 3 is 2.83 bits per heavy atom. The van der Waals surface area contributed by atoms with Crippen molar-refractivity contribution in [3.8, 4) is 0 Å². The average Bonchev–Trinajstić information content (AvgIpc) is 2.38. The number of pyridine rings is 1. The normalized spacial score (nSPS) is 10.1. The van der Waals surface area contributed by atoms with Gasteiger partial charge in [0.15, 0.2) is 0 Å². The van der Waals surface area contributed by atoms with Gasteiger partial charge in [-0.25, -0.2) is 4.39 Å². The Labute approximate surface area is 110 Å². The molecule has 1 aromatic carbocycles. The van der Waals surface area contributed by atoms with Gasteiger partial charge in [0, 0.05) is 24.5 Å². The highest BCUT2D eigenvalue weighted by atomic mass is 32.1. The fourth-order valence-corrected chi connectivity index (χ4v) is 1.86. The van der Waals surface area contributed by atoms with E-state index < -0.39 is 0 Å². The quantitative estimate of drug-likeness (QED) is 0.862. The number of nitrogens with two attached hydrogens (primary N) is 1. The van der Waals surface area contributed by atoms with E-state index in [4.69, 9.17) is 18.0 Å². The molecule has 0 aliphatic heterocycles. The van der Waals surface area contributed by atoms with E-state index >= 15 is 0 Å². The van der Waals surface area contributed by atoms with Crippen LogP contribution in [0.1, 0.15) is 5.56 Å². The van der Waals surface area contributed by atoms with Crippen LogP contribution in [0.3, 0.4) is 0 Å². The van der Waals surface area contributed by atoms with Crippen molar-refractivity contribution >= 4 is 28.6 Å². The van der Waals surface area contributed by atoms with E-state index in [2.05, 4.69) is 4.98 Å². The number of hydrogen-bond donors (Lipinski definition) is 1. The molecule has 1 aromatic heterocycles. The third-order valence-corrected chi connectivity index (χ3v) is 2.84. The molecule has 0 saturated heterocycles. The lowest BCUT2D eigenvalue weighted by atomic mass is 10.2. The van der Waals surface area contributed by atoms with Gasteiger partial charge in [-0.1, -0.05) is 18.3 Å². The molecule has 0 saturated carbocycles. The summed E-state index contributed by atoms with van der Waals surface area (Å²) in [6.07, 6.45) is 3.27. The van der Waals surface area contributed by atoms with Crippen LogP contribution in [-0.4, -0.2) is 17.0 Å². The third kappa shape index (κ3) is 2.46. The van der Waals surface area contributed by atoms with Crippen molar-refractivity contribution in [2.24, 2.45) is 5.73 Å². The highest BCUT2D eigenvalue weighted by molar-refractivity contribution is 7.80. The van der Waals surface area contributed by atoms with E-state index in [1.54, 1.807) is 35.5 Å². The number of hydrogen-bond acceptors (Lipinski definition) is 3. The zero-order valence-corrected chi connectivity index (χ0v) is 10.6. The lowest BCUT2D eigenvalue weighted by Crippen LogP contribution is -2.18. The van der Waals surface area contributed by atoms with Gasteiger partial charge in [-0.05, 0) is 24.3 Å². The molecule has 2 N–H and O–H groups in total. The lowest BCUT2D eigenvalue weighted by Gasteiger charge is -2.21. The number of benzene rings is 1. The molecule has 0 unspecified atom stereocenters. The highest BCUT2D eigenvalue weighted by Crippen LogP contribution is 2.26. The van der Waals surface area contributed by atoms with E-state index in [1.807, 2.05) is 7.05 Å². The van der Waals surface area contributed by atoms with Gasteiger partial charge in [0.2, 0.25) is 0 Å². The van der Waals surface area contributed by atoms with Crippen molar-refractivity contribution in [1.29, 1.82) is 0 Å². The molecular formula is C13H12FN3S. The molecule has 3 nitrogen and oxygen atoms in total. The van der Waals surface area contributed by atoms with Crippen molar-refractivity contribution in [3.63, 3.8) is 0 Å². The molecule has 0 aliphatic carbocycles. The highest BCUT2D eigenvalue weighted by Gasteiger charge is 2.11. The summed E-state index contributed by atoms with van der Waals surface area (Å²) in [6, 6.07) is 8.04. The molecule has 0 aliphatic rings. The maximum Gasteiger partial charge on any atom is 0.125 e. The van der Waals surface area contributed by atoms with Gasteiger partial charge in [0.05, 0.1) is 11.9 Å². The van der Waals surface area contributed by atoms with Crippen molar-refractivity contribution in [2.45, 2.75) is 0 Å². The molecule has 0 spiro atoms. The minimum Gasteiger partial charge on any atom is -0.389 e. The van der Waals surface area contributed by atoms with Crippen LogP contribution in [0.25, 0.3) is 0 Å². The molecule has 2 rings (SSSR count). The summed E-state index contributed by atoms with van der Waals surface area (Å²) >= 11 is 4.99. The van der Waals surface area contributed by atoms with Crippen LogP contribution in [0.5, 0.6) is 0 Å². The first-order valence-electron chi connectivity index (χ1n) is 5.32. The standard InChI is InChI=1S/C13H12FN3S/c1-17(10-4-2-3-9(14)7-10)12-8-16-6-5-11(12)13(15)18/h2-8H,1H3,(H2,15,18). The van der Waals surface area contributed by atoms with Crippen LogP contribution in [0.4, 0.5) is 15.8 Å². The monoisotopic (exact) mass is 261 g/mol. The number of nitrogens with zero attached hydrogens (tertiary/aromatic N) is 2. The first kappa shape index (κ1) is 12.4. The number of aromatic nitrogens is 1. The van der Waals surface area contributed by atoms with E-state index in [0.717, 1.165) is 5.69 Å². The molecule has 0 bridgehead atoms. The number of halogens is 1. The summed E-state index contributed by atoms with van der Waals surface area (Å²) in [5, 5.41) is 0. The summed E-state index contributed by atoms with van der Waals surface area (Å²) in [6.45, 7) is 0. The zero-order chi connectivity index (χ0) is 13.1. The van der Waals surface area contributed by atoms with E-state index in [9.17, 15) is 4.39 Å². The summed E-state index contributed by atoms with van der Waals surface area (Å²) < 4.78 is 13.2. The van der Waals surface area contributed by atoms with Gasteiger partial charge in [0.25, 0.3) is 0 Å². The van der Waals surface area contributed by atoms with Gasteiger partial charge in [-0.15, -0.1) is 0 Å². The fourth-order valence-electron chi connectivity index (χ4n) is 1.69. The van der Waals surface area contributed by atoms with Crippen LogP contribution < -0.4 is 10.6 Å². The number of thiocarbonyl (C=S) groups is 1. The minimum absolute atomic E-state index is 0.288. The summed E-state index contributed by atoms with van der Waals surface area (Å²) in [4.78, 5) is 6.13. The third-order valence-electron chi connectivity index (χ3n) is 2.62. The number of anilines is 2. The zero-order valence-electron chi connectivity index (χ0n) is 9.80. The molecule has 5 heteroatoms. The Hall–Kier alpha value is -2.01. The SMILES string of the molecule is CN(c1cccc(F)c1)c1cnccc1C(N)=S.